The van der Waals surface area contributed by atoms with Crippen molar-refractivity contribution in [3.05, 3.63) is 131 Å². The molecule has 0 spiro atoms. The summed E-state index contributed by atoms with van der Waals surface area (Å²) in [4.78, 5) is 0. The molecule has 4 rings (SSSR count). The Balaban J connectivity index is 1.46. The second kappa shape index (κ2) is 9.94. The third-order valence-corrected chi connectivity index (χ3v) is 4.56. The first-order valence-electron chi connectivity index (χ1n) is 9.93. The van der Waals surface area contributed by atoms with Crippen molar-refractivity contribution in [1.29, 1.82) is 0 Å². The maximum absolute atomic E-state index is 4.42. The zero-order valence-electron chi connectivity index (χ0n) is 16.6. The summed E-state index contributed by atoms with van der Waals surface area (Å²) in [6, 6.07) is 36.6. The van der Waals surface area contributed by atoms with Gasteiger partial charge in [-0.05, 0) is 46.5 Å². The molecule has 0 saturated carbocycles. The van der Waals surface area contributed by atoms with Crippen LogP contribution in [0.5, 0.6) is 0 Å². The summed E-state index contributed by atoms with van der Waals surface area (Å²) in [7, 11) is 0. The molecule has 0 saturated heterocycles. The Labute approximate surface area is 177 Å². The van der Waals surface area contributed by atoms with Crippen LogP contribution in [0.2, 0.25) is 0 Å². The number of azo groups is 1. The van der Waals surface area contributed by atoms with E-state index in [1.54, 1.807) is 0 Å². The van der Waals surface area contributed by atoms with Crippen molar-refractivity contribution in [2.24, 2.45) is 10.2 Å². The highest BCUT2D eigenvalue weighted by atomic mass is 15.1. The first kappa shape index (κ1) is 19.3. The van der Waals surface area contributed by atoms with Crippen LogP contribution in [0, 0.1) is 0 Å². The molecule has 0 aromatic heterocycles. The SMILES string of the molecule is C(=C\c1cccc(N=Nc2cccc(/C=C/c3ccccc3)c2)c1)/c1ccccc1. The second-order valence-corrected chi connectivity index (χ2v) is 6.88. The molecule has 2 heteroatoms. The first-order chi connectivity index (χ1) is 14.8. The van der Waals surface area contributed by atoms with Gasteiger partial charge in [-0.2, -0.15) is 10.2 Å². The van der Waals surface area contributed by atoms with Crippen molar-refractivity contribution in [3.63, 3.8) is 0 Å². The molecule has 144 valence electrons. The Morgan fingerprint density at radius 1 is 0.367 bits per heavy atom. The number of rotatable bonds is 6. The van der Waals surface area contributed by atoms with Gasteiger partial charge in [-0.3, -0.25) is 0 Å². The van der Waals surface area contributed by atoms with Gasteiger partial charge in [0.2, 0.25) is 0 Å². The summed E-state index contributed by atoms with van der Waals surface area (Å²) in [6.07, 6.45) is 8.37. The maximum Gasteiger partial charge on any atom is 0.0863 e. The molecule has 0 amide bonds. The van der Waals surface area contributed by atoms with E-state index in [1.165, 1.54) is 11.1 Å². The zero-order chi connectivity index (χ0) is 20.4. The van der Waals surface area contributed by atoms with Crippen molar-refractivity contribution in [3.8, 4) is 0 Å². The molecule has 0 aliphatic rings. The molecule has 0 N–H and O–H groups in total. The highest BCUT2D eigenvalue weighted by Crippen LogP contribution is 2.22. The Bertz CT molecular complexity index is 1080. The fraction of sp³-hybridized carbons (Fsp3) is 0. The predicted molar refractivity (Wildman–Crippen MR) is 128 cm³/mol. The minimum absolute atomic E-state index is 0.829. The lowest BCUT2D eigenvalue weighted by atomic mass is 10.1. The van der Waals surface area contributed by atoms with E-state index < -0.39 is 0 Å². The van der Waals surface area contributed by atoms with Crippen molar-refractivity contribution in [1.82, 2.24) is 0 Å². The van der Waals surface area contributed by atoms with Gasteiger partial charge in [0, 0.05) is 0 Å². The Kier molecular flexibility index (Phi) is 6.39. The highest BCUT2D eigenvalue weighted by molar-refractivity contribution is 5.71. The molecule has 0 fully saturated rings. The summed E-state index contributed by atoms with van der Waals surface area (Å²) in [5.41, 5.74) is 6.19. The van der Waals surface area contributed by atoms with Gasteiger partial charge in [0.25, 0.3) is 0 Å². The van der Waals surface area contributed by atoms with Gasteiger partial charge in [-0.15, -0.1) is 0 Å². The normalized spacial score (nSPS) is 11.6. The van der Waals surface area contributed by atoms with Crippen LogP contribution in [0.25, 0.3) is 24.3 Å². The van der Waals surface area contributed by atoms with Crippen LogP contribution in [0.15, 0.2) is 119 Å². The number of benzene rings is 4. The van der Waals surface area contributed by atoms with Crippen LogP contribution >= 0.6 is 0 Å². The third kappa shape index (κ3) is 5.73. The van der Waals surface area contributed by atoms with Gasteiger partial charge in [-0.25, -0.2) is 0 Å². The van der Waals surface area contributed by atoms with Crippen LogP contribution in [0.4, 0.5) is 11.4 Å². The lowest BCUT2D eigenvalue weighted by Crippen LogP contribution is -1.74. The van der Waals surface area contributed by atoms with Crippen LogP contribution in [-0.2, 0) is 0 Å². The van der Waals surface area contributed by atoms with Crippen LogP contribution in [0.1, 0.15) is 22.3 Å². The molecule has 0 aliphatic heterocycles. The minimum Gasteiger partial charge on any atom is -0.151 e. The first-order valence-corrected chi connectivity index (χ1v) is 9.93. The van der Waals surface area contributed by atoms with Gasteiger partial charge in [-0.1, -0.05) is 109 Å². The molecule has 0 unspecified atom stereocenters. The molecule has 2 nitrogen and oxygen atoms in total. The van der Waals surface area contributed by atoms with Crippen molar-refractivity contribution >= 4 is 35.7 Å². The molecule has 4 aromatic carbocycles. The van der Waals surface area contributed by atoms with Gasteiger partial charge in [0.1, 0.15) is 0 Å². The molecule has 0 bridgehead atoms. The summed E-state index contributed by atoms with van der Waals surface area (Å²) in [6.45, 7) is 0. The lowest BCUT2D eigenvalue weighted by molar-refractivity contribution is 1.23. The molecule has 0 heterocycles. The third-order valence-electron chi connectivity index (χ3n) is 4.56. The zero-order valence-corrected chi connectivity index (χ0v) is 16.6. The monoisotopic (exact) mass is 386 g/mol. The topological polar surface area (TPSA) is 24.7 Å². The van der Waals surface area contributed by atoms with Gasteiger partial charge in [0.05, 0.1) is 11.4 Å². The Hall–Kier alpha value is -4.04. The fourth-order valence-corrected chi connectivity index (χ4v) is 3.01. The summed E-state index contributed by atoms with van der Waals surface area (Å²) in [5, 5.41) is 8.84. The molecule has 4 aromatic rings. The lowest BCUT2D eigenvalue weighted by Gasteiger charge is -1.98. The maximum atomic E-state index is 4.42. The van der Waals surface area contributed by atoms with E-state index >= 15 is 0 Å². The van der Waals surface area contributed by atoms with E-state index in [1.807, 2.05) is 72.8 Å². The Morgan fingerprint density at radius 3 is 1.17 bits per heavy atom. The van der Waals surface area contributed by atoms with Crippen molar-refractivity contribution in [2.45, 2.75) is 0 Å². The predicted octanol–water partition coefficient (Wildman–Crippen LogP) is 8.44. The molecule has 0 aliphatic carbocycles. The quantitative estimate of drug-likeness (QED) is 0.235. The average molecular weight is 386 g/mol. The van der Waals surface area contributed by atoms with Crippen molar-refractivity contribution < 1.29 is 0 Å². The average Bonchev–Trinajstić information content (AvgIpc) is 2.82. The van der Waals surface area contributed by atoms with Crippen LogP contribution in [0.3, 0.4) is 0 Å². The molecule has 0 radical (unpaired) electrons. The van der Waals surface area contributed by atoms with Gasteiger partial charge < -0.3 is 0 Å². The van der Waals surface area contributed by atoms with E-state index in [4.69, 9.17) is 0 Å². The van der Waals surface area contributed by atoms with Crippen LogP contribution < -0.4 is 0 Å². The molecule has 30 heavy (non-hydrogen) atoms. The van der Waals surface area contributed by atoms with Crippen LogP contribution in [-0.4, -0.2) is 0 Å². The number of hydrogen-bond donors (Lipinski definition) is 0. The molecular weight excluding hydrogens is 364 g/mol. The van der Waals surface area contributed by atoms with E-state index in [0.717, 1.165) is 22.5 Å². The minimum atomic E-state index is 0.829. The van der Waals surface area contributed by atoms with E-state index in [2.05, 4.69) is 70.9 Å². The highest BCUT2D eigenvalue weighted by Gasteiger charge is 1.95. The largest absolute Gasteiger partial charge is 0.151 e. The van der Waals surface area contributed by atoms with Gasteiger partial charge in [0.15, 0.2) is 0 Å². The summed E-state index contributed by atoms with van der Waals surface area (Å²) < 4.78 is 0. The Morgan fingerprint density at radius 2 is 0.733 bits per heavy atom. The fourth-order valence-electron chi connectivity index (χ4n) is 3.01. The summed E-state index contributed by atoms with van der Waals surface area (Å²) in [5.74, 6) is 0. The van der Waals surface area contributed by atoms with Crippen molar-refractivity contribution in [2.75, 3.05) is 0 Å². The standard InChI is InChI=1S/C28H22N2/c1-3-9-23(10-4-1)17-19-25-13-7-15-27(21-25)29-30-28-16-8-14-26(22-28)20-18-24-11-5-2-6-12-24/h1-22H/b19-17+,20-18+,30-29?. The van der Waals surface area contributed by atoms with E-state index in [9.17, 15) is 0 Å². The van der Waals surface area contributed by atoms with Gasteiger partial charge >= 0.3 is 0 Å². The number of nitrogens with zero attached hydrogens (tertiary/aromatic N) is 2. The molecule has 0 atom stereocenters. The molecular formula is C28H22N2. The second-order valence-electron chi connectivity index (χ2n) is 6.88. The number of hydrogen-bond acceptors (Lipinski definition) is 2. The van der Waals surface area contributed by atoms with E-state index in [-0.39, 0.29) is 0 Å². The van der Waals surface area contributed by atoms with E-state index in [0.29, 0.717) is 0 Å². The summed E-state index contributed by atoms with van der Waals surface area (Å²) >= 11 is 0. The smallest absolute Gasteiger partial charge is 0.0863 e.